The van der Waals surface area contributed by atoms with E-state index >= 15 is 0 Å². The highest BCUT2D eigenvalue weighted by Crippen LogP contribution is 2.25. The molecular formula is C23H18FN3O3. The summed E-state index contributed by atoms with van der Waals surface area (Å²) in [7, 11) is 1.38. The Kier molecular flexibility index (Phi) is 5.26. The highest BCUT2D eigenvalue weighted by molar-refractivity contribution is 6.04. The number of carbonyl (C=O) groups is 1. The van der Waals surface area contributed by atoms with Crippen LogP contribution in [0.3, 0.4) is 0 Å². The number of hydrogen-bond donors (Lipinski definition) is 1. The second kappa shape index (κ2) is 8.16. The van der Waals surface area contributed by atoms with Crippen LogP contribution in [0.15, 0.2) is 71.1 Å². The smallest absolute Gasteiger partial charge is 0.255 e. The fourth-order valence-corrected chi connectivity index (χ4v) is 2.95. The molecule has 1 aromatic heterocycles. The van der Waals surface area contributed by atoms with E-state index in [-0.39, 0.29) is 11.7 Å². The van der Waals surface area contributed by atoms with E-state index in [2.05, 4.69) is 15.5 Å². The monoisotopic (exact) mass is 403 g/mol. The Morgan fingerprint density at radius 3 is 2.37 bits per heavy atom. The Bertz CT molecular complexity index is 1200. The summed E-state index contributed by atoms with van der Waals surface area (Å²) in [6.45, 7) is 1.99. The molecule has 0 fully saturated rings. The van der Waals surface area contributed by atoms with E-state index in [1.807, 2.05) is 31.2 Å². The SMILES string of the molecule is COc1ccc(NC(=O)c2ccc(-c3nnc(-c4cccc(C)c4)o3)cc2)cc1F. The van der Waals surface area contributed by atoms with E-state index in [1.165, 1.54) is 19.2 Å². The third-order valence-electron chi connectivity index (χ3n) is 4.49. The Morgan fingerprint density at radius 2 is 1.70 bits per heavy atom. The van der Waals surface area contributed by atoms with E-state index in [4.69, 9.17) is 9.15 Å². The molecule has 1 amide bonds. The number of nitrogens with zero attached hydrogens (tertiary/aromatic N) is 2. The maximum absolute atomic E-state index is 13.8. The largest absolute Gasteiger partial charge is 0.494 e. The minimum absolute atomic E-state index is 0.113. The van der Waals surface area contributed by atoms with Gasteiger partial charge in [0.1, 0.15) is 0 Å². The molecule has 0 saturated carbocycles. The molecule has 0 aliphatic carbocycles. The molecule has 0 saturated heterocycles. The van der Waals surface area contributed by atoms with Gasteiger partial charge in [0.05, 0.1) is 7.11 Å². The van der Waals surface area contributed by atoms with E-state index in [1.54, 1.807) is 30.3 Å². The predicted octanol–water partition coefficient (Wildman–Crippen LogP) is 5.11. The molecule has 0 spiro atoms. The quantitative estimate of drug-likeness (QED) is 0.501. The Labute approximate surface area is 172 Å². The lowest BCUT2D eigenvalue weighted by molar-refractivity contribution is 0.102. The van der Waals surface area contributed by atoms with Crippen molar-refractivity contribution in [2.24, 2.45) is 0 Å². The van der Waals surface area contributed by atoms with Gasteiger partial charge in [-0.05, 0) is 55.5 Å². The first-order valence-corrected chi connectivity index (χ1v) is 9.19. The zero-order valence-corrected chi connectivity index (χ0v) is 16.3. The summed E-state index contributed by atoms with van der Waals surface area (Å²) < 4.78 is 24.4. The van der Waals surface area contributed by atoms with Crippen molar-refractivity contribution in [1.82, 2.24) is 10.2 Å². The number of ether oxygens (including phenoxy) is 1. The van der Waals surface area contributed by atoms with Crippen molar-refractivity contribution in [2.75, 3.05) is 12.4 Å². The van der Waals surface area contributed by atoms with Crippen LogP contribution in [0.1, 0.15) is 15.9 Å². The van der Waals surface area contributed by atoms with Crippen LogP contribution in [0.4, 0.5) is 10.1 Å². The summed E-state index contributed by atoms with van der Waals surface area (Å²) in [4.78, 5) is 12.4. The van der Waals surface area contributed by atoms with Gasteiger partial charge in [0.2, 0.25) is 11.8 Å². The molecule has 0 aliphatic rings. The van der Waals surface area contributed by atoms with Crippen molar-refractivity contribution >= 4 is 11.6 Å². The minimum atomic E-state index is -0.550. The molecule has 7 heteroatoms. The van der Waals surface area contributed by atoms with Gasteiger partial charge >= 0.3 is 0 Å². The summed E-state index contributed by atoms with van der Waals surface area (Å²) in [5, 5.41) is 10.8. The van der Waals surface area contributed by atoms with Crippen molar-refractivity contribution in [1.29, 1.82) is 0 Å². The number of rotatable bonds is 5. The number of anilines is 1. The lowest BCUT2D eigenvalue weighted by Crippen LogP contribution is -2.12. The lowest BCUT2D eigenvalue weighted by atomic mass is 10.1. The van der Waals surface area contributed by atoms with Gasteiger partial charge in [-0.15, -0.1) is 10.2 Å². The number of methoxy groups -OCH3 is 1. The number of amides is 1. The van der Waals surface area contributed by atoms with Gasteiger partial charge in [-0.1, -0.05) is 17.7 Å². The first-order valence-electron chi connectivity index (χ1n) is 9.19. The molecule has 150 valence electrons. The molecule has 0 aliphatic heterocycles. The fourth-order valence-electron chi connectivity index (χ4n) is 2.95. The van der Waals surface area contributed by atoms with Crippen LogP contribution >= 0.6 is 0 Å². The topological polar surface area (TPSA) is 77.2 Å². The molecule has 0 radical (unpaired) electrons. The summed E-state index contributed by atoms with van der Waals surface area (Å²) in [5.41, 5.74) is 3.37. The van der Waals surface area contributed by atoms with Crippen LogP contribution in [0.2, 0.25) is 0 Å². The van der Waals surface area contributed by atoms with Gasteiger partial charge in [-0.3, -0.25) is 4.79 Å². The van der Waals surface area contributed by atoms with Crippen molar-refractivity contribution in [3.63, 3.8) is 0 Å². The van der Waals surface area contributed by atoms with Gasteiger partial charge in [0, 0.05) is 28.4 Å². The normalized spacial score (nSPS) is 10.6. The van der Waals surface area contributed by atoms with Gasteiger partial charge in [0.25, 0.3) is 5.91 Å². The van der Waals surface area contributed by atoms with Crippen LogP contribution in [0.5, 0.6) is 5.75 Å². The summed E-state index contributed by atoms with van der Waals surface area (Å²) in [5.74, 6) is -0.0155. The second-order valence-electron chi connectivity index (χ2n) is 6.66. The minimum Gasteiger partial charge on any atom is -0.494 e. The van der Waals surface area contributed by atoms with Gasteiger partial charge in [-0.25, -0.2) is 4.39 Å². The van der Waals surface area contributed by atoms with Crippen LogP contribution in [0, 0.1) is 12.7 Å². The molecule has 1 N–H and O–H groups in total. The van der Waals surface area contributed by atoms with E-state index < -0.39 is 5.82 Å². The van der Waals surface area contributed by atoms with Crippen LogP contribution in [-0.4, -0.2) is 23.2 Å². The number of nitrogens with one attached hydrogen (secondary N) is 1. The van der Waals surface area contributed by atoms with Crippen LogP contribution in [-0.2, 0) is 0 Å². The standard InChI is InChI=1S/C23H18FN3O3/c1-14-4-3-5-17(12-14)23-27-26-22(30-23)16-8-6-15(7-9-16)21(28)25-18-10-11-20(29-2)19(24)13-18/h3-13H,1-2H3,(H,25,28). The Hall–Kier alpha value is -4.00. The van der Waals surface area contributed by atoms with Gasteiger partial charge < -0.3 is 14.5 Å². The number of aromatic nitrogens is 2. The third-order valence-corrected chi connectivity index (χ3v) is 4.49. The average molecular weight is 403 g/mol. The first-order chi connectivity index (χ1) is 14.5. The molecular weight excluding hydrogens is 385 g/mol. The van der Waals surface area contributed by atoms with Crippen molar-refractivity contribution in [2.45, 2.75) is 6.92 Å². The highest BCUT2D eigenvalue weighted by atomic mass is 19.1. The van der Waals surface area contributed by atoms with Crippen molar-refractivity contribution in [3.05, 3.63) is 83.7 Å². The van der Waals surface area contributed by atoms with Crippen LogP contribution in [0.25, 0.3) is 22.9 Å². The van der Waals surface area contributed by atoms with Crippen molar-refractivity contribution in [3.8, 4) is 28.7 Å². The maximum Gasteiger partial charge on any atom is 0.255 e. The number of hydrogen-bond acceptors (Lipinski definition) is 5. The van der Waals surface area contributed by atoms with Gasteiger partial charge in [0.15, 0.2) is 11.6 Å². The molecule has 4 aromatic rings. The number of halogens is 1. The van der Waals surface area contributed by atoms with E-state index in [0.717, 1.165) is 11.1 Å². The summed E-state index contributed by atoms with van der Waals surface area (Å²) >= 11 is 0. The number of carbonyl (C=O) groups excluding carboxylic acids is 1. The molecule has 3 aromatic carbocycles. The maximum atomic E-state index is 13.8. The molecule has 0 atom stereocenters. The van der Waals surface area contributed by atoms with Gasteiger partial charge in [-0.2, -0.15) is 0 Å². The first kappa shape index (κ1) is 19.3. The molecule has 1 heterocycles. The van der Waals surface area contributed by atoms with E-state index in [0.29, 0.717) is 28.6 Å². The number of benzene rings is 3. The fraction of sp³-hybridized carbons (Fsp3) is 0.0870. The molecule has 0 unspecified atom stereocenters. The Balaban J connectivity index is 1.49. The summed E-state index contributed by atoms with van der Waals surface area (Å²) in [6, 6.07) is 18.7. The van der Waals surface area contributed by atoms with Crippen LogP contribution < -0.4 is 10.1 Å². The number of aryl methyl sites for hydroxylation is 1. The Morgan fingerprint density at radius 1 is 0.967 bits per heavy atom. The second-order valence-corrected chi connectivity index (χ2v) is 6.66. The molecule has 4 rings (SSSR count). The highest BCUT2D eigenvalue weighted by Gasteiger charge is 2.13. The predicted molar refractivity (Wildman–Crippen MR) is 111 cm³/mol. The lowest BCUT2D eigenvalue weighted by Gasteiger charge is -2.07. The summed E-state index contributed by atoms with van der Waals surface area (Å²) in [6.07, 6.45) is 0. The zero-order chi connectivity index (χ0) is 21.1. The van der Waals surface area contributed by atoms with E-state index in [9.17, 15) is 9.18 Å². The zero-order valence-electron chi connectivity index (χ0n) is 16.3. The van der Waals surface area contributed by atoms with Crippen molar-refractivity contribution < 1.29 is 18.3 Å². The molecule has 30 heavy (non-hydrogen) atoms. The molecule has 6 nitrogen and oxygen atoms in total. The molecule has 0 bridgehead atoms. The average Bonchev–Trinajstić information content (AvgIpc) is 3.24. The third kappa shape index (κ3) is 4.05.